The van der Waals surface area contributed by atoms with Crippen molar-refractivity contribution < 1.29 is 4.79 Å². The number of nitrogen functional groups attached to an aromatic ring is 1. The topological polar surface area (TPSA) is 86.8 Å². The van der Waals surface area contributed by atoms with Crippen LogP contribution >= 0.6 is 0 Å². The molecule has 7 nitrogen and oxygen atoms in total. The number of aromatic nitrogens is 1. The first-order chi connectivity index (χ1) is 14.2. The van der Waals surface area contributed by atoms with Crippen LogP contribution < -0.4 is 16.1 Å². The van der Waals surface area contributed by atoms with Crippen molar-refractivity contribution in [3.63, 3.8) is 0 Å². The number of hydrazone groups is 1. The predicted octanol–water partition coefficient (Wildman–Crippen LogP) is 2.44. The van der Waals surface area contributed by atoms with Gasteiger partial charge in [-0.25, -0.2) is 4.98 Å². The van der Waals surface area contributed by atoms with Gasteiger partial charge in [0.1, 0.15) is 0 Å². The largest absolute Gasteiger partial charge is 0.396 e. The van der Waals surface area contributed by atoms with E-state index in [2.05, 4.69) is 33.3 Å². The number of pyridine rings is 1. The second-order valence-corrected chi connectivity index (χ2v) is 9.09. The second kappa shape index (κ2) is 7.50. The number of hydrogen-bond donors (Lipinski definition) is 2. The minimum absolute atomic E-state index is 0.260. The molecule has 3 fully saturated rings. The Morgan fingerprint density at radius 1 is 1.28 bits per heavy atom. The molecule has 0 aromatic carbocycles. The molecule has 1 aromatic heterocycles. The van der Waals surface area contributed by atoms with Crippen LogP contribution in [0.1, 0.15) is 68.5 Å². The minimum Gasteiger partial charge on any atom is -0.396 e. The zero-order valence-electron chi connectivity index (χ0n) is 17.3. The highest BCUT2D eigenvalue weighted by Gasteiger charge is 2.39. The van der Waals surface area contributed by atoms with E-state index in [4.69, 9.17) is 10.7 Å². The van der Waals surface area contributed by atoms with E-state index in [-0.39, 0.29) is 17.9 Å². The molecule has 1 amide bonds. The van der Waals surface area contributed by atoms with E-state index >= 15 is 0 Å². The van der Waals surface area contributed by atoms with E-state index in [0.717, 1.165) is 63.4 Å². The van der Waals surface area contributed by atoms with Crippen LogP contribution in [0.15, 0.2) is 11.2 Å². The first-order valence-electron chi connectivity index (χ1n) is 11.3. The fraction of sp³-hybridized carbons (Fsp3) is 0.682. The monoisotopic (exact) mass is 396 g/mol. The summed E-state index contributed by atoms with van der Waals surface area (Å²) < 4.78 is 0. The van der Waals surface area contributed by atoms with E-state index in [9.17, 15) is 4.79 Å². The first kappa shape index (κ1) is 18.7. The molecule has 0 bridgehead atoms. The quantitative estimate of drug-likeness (QED) is 0.771. The maximum Gasteiger partial charge on any atom is 0.226 e. The van der Waals surface area contributed by atoms with Gasteiger partial charge >= 0.3 is 0 Å². The molecule has 2 atom stereocenters. The molecule has 2 aliphatic heterocycles. The Balaban J connectivity index is 1.40. The fourth-order valence-electron chi connectivity index (χ4n) is 4.80. The van der Waals surface area contributed by atoms with Gasteiger partial charge in [0.15, 0.2) is 5.82 Å². The SMILES string of the molecule is CCC[C@@H]1CN(c2nc(C3CC3)c(C3C=NNC3)cc2N)CCN1C(=O)C1CC1. The molecule has 0 spiro atoms. The Morgan fingerprint density at radius 3 is 2.76 bits per heavy atom. The molecule has 0 radical (unpaired) electrons. The van der Waals surface area contributed by atoms with Gasteiger partial charge in [0.25, 0.3) is 0 Å². The second-order valence-electron chi connectivity index (χ2n) is 9.09. The van der Waals surface area contributed by atoms with E-state index in [1.54, 1.807) is 0 Å². The Kier molecular flexibility index (Phi) is 4.84. The number of carbonyl (C=O) groups excluding carboxylic acids is 1. The van der Waals surface area contributed by atoms with Crippen LogP contribution in [0.4, 0.5) is 11.5 Å². The molecule has 7 heteroatoms. The summed E-state index contributed by atoms with van der Waals surface area (Å²) in [6, 6.07) is 2.40. The molecule has 5 rings (SSSR count). The fourth-order valence-corrected chi connectivity index (χ4v) is 4.80. The number of nitrogens with zero attached hydrogens (tertiary/aromatic N) is 4. The van der Waals surface area contributed by atoms with Gasteiger partial charge in [-0.2, -0.15) is 5.10 Å². The van der Waals surface area contributed by atoms with Gasteiger partial charge in [-0.05, 0) is 43.7 Å². The smallest absolute Gasteiger partial charge is 0.226 e. The molecule has 29 heavy (non-hydrogen) atoms. The van der Waals surface area contributed by atoms with Crippen molar-refractivity contribution in [1.82, 2.24) is 15.3 Å². The van der Waals surface area contributed by atoms with Crippen molar-refractivity contribution in [2.24, 2.45) is 11.0 Å². The van der Waals surface area contributed by atoms with Gasteiger partial charge in [-0.3, -0.25) is 4.79 Å². The zero-order chi connectivity index (χ0) is 20.0. The molecule has 3 N–H and O–H groups in total. The van der Waals surface area contributed by atoms with Crippen molar-refractivity contribution in [2.45, 2.75) is 63.3 Å². The van der Waals surface area contributed by atoms with Crippen LogP contribution in [0.3, 0.4) is 0 Å². The number of carbonyl (C=O) groups is 1. The molecule has 1 aromatic rings. The molecular weight excluding hydrogens is 364 g/mol. The maximum atomic E-state index is 12.7. The van der Waals surface area contributed by atoms with Crippen LogP contribution in [-0.2, 0) is 4.79 Å². The van der Waals surface area contributed by atoms with Gasteiger partial charge < -0.3 is 21.0 Å². The summed E-state index contributed by atoms with van der Waals surface area (Å²) in [5.41, 5.74) is 12.8. The zero-order valence-corrected chi connectivity index (χ0v) is 17.3. The van der Waals surface area contributed by atoms with E-state index in [1.165, 1.54) is 24.1 Å². The van der Waals surface area contributed by atoms with Crippen molar-refractivity contribution in [2.75, 3.05) is 36.8 Å². The molecular formula is C22H32N6O. The van der Waals surface area contributed by atoms with E-state index < -0.39 is 0 Å². The predicted molar refractivity (Wildman–Crippen MR) is 115 cm³/mol. The third-order valence-electron chi connectivity index (χ3n) is 6.73. The molecule has 1 saturated heterocycles. The van der Waals surface area contributed by atoms with E-state index in [0.29, 0.717) is 11.8 Å². The average molecular weight is 397 g/mol. The summed E-state index contributed by atoms with van der Waals surface area (Å²) in [4.78, 5) is 22.3. The van der Waals surface area contributed by atoms with Crippen LogP contribution in [0.5, 0.6) is 0 Å². The highest BCUT2D eigenvalue weighted by atomic mass is 16.2. The Hall–Kier alpha value is -2.31. The highest BCUT2D eigenvalue weighted by Crippen LogP contribution is 2.44. The Labute approximate surface area is 172 Å². The minimum atomic E-state index is 0.260. The number of nitrogens with one attached hydrogen (secondary N) is 1. The molecule has 4 aliphatic rings. The van der Waals surface area contributed by atoms with Crippen molar-refractivity contribution in [3.05, 3.63) is 17.3 Å². The normalized spacial score (nSPS) is 26.7. The average Bonchev–Trinajstić information content (AvgIpc) is 3.66. The molecule has 2 saturated carbocycles. The first-order valence-corrected chi connectivity index (χ1v) is 11.3. The van der Waals surface area contributed by atoms with Crippen molar-refractivity contribution in [1.29, 1.82) is 0 Å². The lowest BCUT2D eigenvalue weighted by Gasteiger charge is -2.42. The Morgan fingerprint density at radius 2 is 2.10 bits per heavy atom. The van der Waals surface area contributed by atoms with Crippen LogP contribution in [-0.4, -0.2) is 54.2 Å². The number of piperazine rings is 1. The summed E-state index contributed by atoms with van der Waals surface area (Å²) in [5, 5.41) is 4.19. The van der Waals surface area contributed by atoms with Crippen molar-refractivity contribution >= 4 is 23.6 Å². The number of anilines is 2. The van der Waals surface area contributed by atoms with E-state index in [1.807, 2.05) is 6.21 Å². The number of nitrogens with two attached hydrogens (primary N) is 1. The molecule has 156 valence electrons. The third kappa shape index (κ3) is 3.67. The number of amides is 1. The molecule has 3 heterocycles. The maximum absolute atomic E-state index is 12.7. The highest BCUT2D eigenvalue weighted by molar-refractivity contribution is 5.82. The lowest BCUT2D eigenvalue weighted by atomic mass is 9.96. The molecule has 2 aliphatic carbocycles. The summed E-state index contributed by atoms with van der Waals surface area (Å²) in [7, 11) is 0. The summed E-state index contributed by atoms with van der Waals surface area (Å²) in [6.45, 7) is 5.44. The Bertz CT molecular complexity index is 816. The summed E-state index contributed by atoms with van der Waals surface area (Å²) in [6.07, 6.45) is 8.64. The molecule has 1 unspecified atom stereocenters. The number of rotatable bonds is 6. The van der Waals surface area contributed by atoms with Gasteiger partial charge in [0.2, 0.25) is 5.91 Å². The van der Waals surface area contributed by atoms with Crippen LogP contribution in [0, 0.1) is 5.92 Å². The number of hydrogen-bond acceptors (Lipinski definition) is 6. The van der Waals surface area contributed by atoms with Crippen LogP contribution in [0.25, 0.3) is 0 Å². The van der Waals surface area contributed by atoms with Gasteiger partial charge in [-0.15, -0.1) is 0 Å². The lowest BCUT2D eigenvalue weighted by molar-refractivity contribution is -0.135. The van der Waals surface area contributed by atoms with Crippen LogP contribution in [0.2, 0.25) is 0 Å². The van der Waals surface area contributed by atoms with Crippen molar-refractivity contribution in [3.8, 4) is 0 Å². The van der Waals surface area contributed by atoms with Gasteiger partial charge in [0.05, 0.1) is 5.69 Å². The van der Waals surface area contributed by atoms with Gasteiger partial charge in [0, 0.05) is 61.9 Å². The third-order valence-corrected chi connectivity index (χ3v) is 6.73. The summed E-state index contributed by atoms with van der Waals surface area (Å²) >= 11 is 0. The standard InChI is InChI=1S/C22H32N6O/c1-2-3-17-13-27(8-9-28(17)22(29)15-6-7-15)21-19(23)10-18(16-11-24-25-12-16)20(26-21)14-4-5-14/h10-11,14-17,25H,2-9,12-13,23H2,1H3/t16?,17-/m1/s1. The lowest BCUT2D eigenvalue weighted by Crippen LogP contribution is -2.56. The van der Waals surface area contributed by atoms with Gasteiger partial charge in [-0.1, -0.05) is 13.3 Å². The summed E-state index contributed by atoms with van der Waals surface area (Å²) in [5.74, 6) is 2.38.